The van der Waals surface area contributed by atoms with Crippen molar-refractivity contribution >= 4 is 41.5 Å². The van der Waals surface area contributed by atoms with Crippen LogP contribution in [0.25, 0.3) is 16.8 Å². The lowest BCUT2D eigenvalue weighted by molar-refractivity contribution is -0.133. The highest BCUT2D eigenvalue weighted by Gasteiger charge is 2.28. The van der Waals surface area contributed by atoms with E-state index >= 15 is 0 Å². The Bertz CT molecular complexity index is 2310. The molecule has 0 spiro atoms. The first-order valence-electron chi connectivity index (χ1n) is 23.3. The van der Waals surface area contributed by atoms with Gasteiger partial charge in [0.2, 0.25) is 12.3 Å². The maximum Gasteiger partial charge on any atom is 0.242 e. The summed E-state index contributed by atoms with van der Waals surface area (Å²) >= 11 is 0. The first kappa shape index (κ1) is 46.1. The number of aldehydes is 1. The van der Waals surface area contributed by atoms with Gasteiger partial charge in [0.1, 0.15) is 23.8 Å². The number of hydrogen-bond donors (Lipinski definition) is 4. The Morgan fingerprint density at radius 2 is 1.88 bits per heavy atom. The Hall–Kier alpha value is -5.95. The Morgan fingerprint density at radius 1 is 1.06 bits per heavy atom. The average Bonchev–Trinajstić information content (AvgIpc) is 3.79. The molecule has 13 nitrogen and oxygen atoms in total. The summed E-state index contributed by atoms with van der Waals surface area (Å²) in [5, 5.41) is 19.4. The van der Waals surface area contributed by atoms with E-state index in [0.29, 0.717) is 24.3 Å². The van der Waals surface area contributed by atoms with Crippen LogP contribution >= 0.6 is 0 Å². The molecular weight excluding hydrogens is 803 g/mol. The summed E-state index contributed by atoms with van der Waals surface area (Å²) in [7, 11) is 1.55. The summed E-state index contributed by atoms with van der Waals surface area (Å²) in [5.41, 5.74) is 12.4. The van der Waals surface area contributed by atoms with Crippen LogP contribution in [0, 0.1) is 18.3 Å². The van der Waals surface area contributed by atoms with Crippen molar-refractivity contribution in [2.45, 2.75) is 103 Å². The van der Waals surface area contributed by atoms with Crippen molar-refractivity contribution in [3.05, 3.63) is 107 Å². The van der Waals surface area contributed by atoms with Crippen molar-refractivity contribution in [3.8, 4) is 11.1 Å². The SMILES string of the molecule is C=CNCC/C(NC1CCOCC1)=C(\CC)C(=N)N1CCCc2cc(-c3cc4nccn4cc3CC3CCN(c4ccc(C)c(CN(C=O)C(CCC=O)C(=O)NC)c4)CC3)ccc21. The highest BCUT2D eigenvalue weighted by molar-refractivity contribution is 6.08. The number of ether oxygens (including phenoxy) is 1. The monoisotopic (exact) mass is 870 g/mol. The van der Waals surface area contributed by atoms with Crippen LogP contribution in [0.1, 0.15) is 87.0 Å². The molecule has 3 aliphatic rings. The maximum absolute atomic E-state index is 12.7. The lowest BCUT2D eigenvalue weighted by Crippen LogP contribution is -2.45. The van der Waals surface area contributed by atoms with Crippen LogP contribution in [0.5, 0.6) is 0 Å². The van der Waals surface area contributed by atoms with Gasteiger partial charge in [-0.25, -0.2) is 4.98 Å². The second-order valence-electron chi connectivity index (χ2n) is 17.5. The van der Waals surface area contributed by atoms with Crippen LogP contribution in [0.4, 0.5) is 11.4 Å². The van der Waals surface area contributed by atoms with Crippen molar-refractivity contribution in [3.63, 3.8) is 0 Å². The molecule has 1 unspecified atom stereocenters. The second kappa shape index (κ2) is 22.1. The number of fused-ring (bicyclic) bond motifs is 2. The summed E-state index contributed by atoms with van der Waals surface area (Å²) in [4.78, 5) is 46.9. The fourth-order valence-electron chi connectivity index (χ4n) is 9.81. The van der Waals surface area contributed by atoms with Gasteiger partial charge in [0.15, 0.2) is 0 Å². The lowest BCUT2D eigenvalue weighted by atomic mass is 9.86. The summed E-state index contributed by atoms with van der Waals surface area (Å²) in [6, 6.07) is 15.1. The van der Waals surface area contributed by atoms with Crippen LogP contribution in [0.2, 0.25) is 0 Å². The second-order valence-corrected chi connectivity index (χ2v) is 17.5. The van der Waals surface area contributed by atoms with Crippen LogP contribution in [-0.4, -0.2) is 97.2 Å². The van der Waals surface area contributed by atoms with Crippen LogP contribution in [0.15, 0.2) is 85.1 Å². The molecule has 5 heterocycles. The summed E-state index contributed by atoms with van der Waals surface area (Å²) < 4.78 is 7.78. The number of nitrogens with one attached hydrogen (secondary N) is 4. The number of amides is 2. The predicted molar refractivity (Wildman–Crippen MR) is 256 cm³/mol. The van der Waals surface area contributed by atoms with E-state index in [0.717, 1.165) is 149 Å². The molecule has 4 aromatic rings. The minimum Gasteiger partial charge on any atom is -0.391 e. The van der Waals surface area contributed by atoms with Gasteiger partial charge in [0, 0.05) is 113 Å². The number of amidine groups is 1. The van der Waals surface area contributed by atoms with Gasteiger partial charge >= 0.3 is 0 Å². The minimum absolute atomic E-state index is 0.205. The third-order valence-corrected chi connectivity index (χ3v) is 13.5. The van der Waals surface area contributed by atoms with E-state index in [-0.39, 0.29) is 18.7 Å². The van der Waals surface area contributed by atoms with E-state index in [4.69, 9.17) is 4.74 Å². The highest BCUT2D eigenvalue weighted by Crippen LogP contribution is 2.37. The zero-order valence-electron chi connectivity index (χ0n) is 38.0. The topological polar surface area (TPSA) is 147 Å². The normalized spacial score (nSPS) is 16.7. The fraction of sp³-hybridized carbons (Fsp3) is 0.471. The van der Waals surface area contributed by atoms with Gasteiger partial charge in [0.05, 0.1) is 0 Å². The molecule has 0 bridgehead atoms. The van der Waals surface area contributed by atoms with E-state index < -0.39 is 6.04 Å². The number of hydrogen-bond acceptors (Lipinski definition) is 9. The molecule has 340 valence electrons. The number of anilines is 2. The number of piperidine rings is 1. The van der Waals surface area contributed by atoms with Crippen molar-refractivity contribution in [1.82, 2.24) is 30.2 Å². The molecule has 2 aromatic heterocycles. The summed E-state index contributed by atoms with van der Waals surface area (Å²) in [5.74, 6) is 0.808. The van der Waals surface area contributed by atoms with Gasteiger partial charge in [-0.05, 0) is 141 Å². The van der Waals surface area contributed by atoms with Gasteiger partial charge < -0.3 is 44.6 Å². The summed E-state index contributed by atoms with van der Waals surface area (Å²) in [6.45, 7) is 13.3. The molecule has 13 heteroatoms. The number of benzene rings is 2. The number of nitrogens with zero attached hydrogens (tertiary/aromatic N) is 5. The van der Waals surface area contributed by atoms with Crippen molar-refractivity contribution in [1.29, 1.82) is 5.41 Å². The number of likely N-dealkylation sites (N-methyl/N-ethyl adjacent to an activating group) is 1. The van der Waals surface area contributed by atoms with Gasteiger partial charge in [-0.1, -0.05) is 25.6 Å². The van der Waals surface area contributed by atoms with Crippen LogP contribution in [0.3, 0.4) is 0 Å². The third-order valence-electron chi connectivity index (χ3n) is 13.5. The smallest absolute Gasteiger partial charge is 0.242 e. The summed E-state index contributed by atoms with van der Waals surface area (Å²) in [6.07, 6.45) is 18.4. The first-order valence-corrected chi connectivity index (χ1v) is 23.3. The maximum atomic E-state index is 12.7. The Morgan fingerprint density at radius 3 is 2.61 bits per heavy atom. The quantitative estimate of drug-likeness (QED) is 0.0316. The van der Waals surface area contributed by atoms with Crippen LogP contribution < -0.4 is 25.8 Å². The molecule has 64 heavy (non-hydrogen) atoms. The highest BCUT2D eigenvalue weighted by atomic mass is 16.5. The molecule has 2 amide bonds. The molecule has 7 rings (SSSR count). The fourth-order valence-corrected chi connectivity index (χ4v) is 9.81. The zero-order chi connectivity index (χ0) is 45.0. The molecule has 3 aliphatic heterocycles. The number of rotatable bonds is 20. The van der Waals surface area contributed by atoms with E-state index in [2.05, 4.69) is 97.3 Å². The Kier molecular flexibility index (Phi) is 15.9. The Balaban J connectivity index is 1.07. The first-order chi connectivity index (χ1) is 31.2. The van der Waals surface area contributed by atoms with Gasteiger partial charge in [0.25, 0.3) is 0 Å². The molecule has 0 radical (unpaired) electrons. The van der Waals surface area contributed by atoms with E-state index in [9.17, 15) is 19.8 Å². The molecular formula is C51H67N9O4. The van der Waals surface area contributed by atoms with E-state index in [1.807, 2.05) is 19.3 Å². The average molecular weight is 870 g/mol. The molecule has 0 aliphatic carbocycles. The van der Waals surface area contributed by atoms with Gasteiger partial charge in [-0.3, -0.25) is 15.0 Å². The molecule has 4 N–H and O–H groups in total. The molecule has 2 saturated heterocycles. The third kappa shape index (κ3) is 10.9. The minimum atomic E-state index is -0.709. The van der Waals surface area contributed by atoms with Crippen LogP contribution in [-0.2, 0) is 38.5 Å². The molecule has 0 saturated carbocycles. The number of carbonyl (C=O) groups is 3. The van der Waals surface area contributed by atoms with Gasteiger partial charge in [-0.15, -0.1) is 0 Å². The largest absolute Gasteiger partial charge is 0.391 e. The van der Waals surface area contributed by atoms with Crippen molar-refractivity contribution < 1.29 is 19.1 Å². The lowest BCUT2D eigenvalue weighted by Gasteiger charge is -2.35. The predicted octanol–water partition coefficient (Wildman–Crippen LogP) is 7.11. The number of aryl methyl sites for hydroxylation is 2. The van der Waals surface area contributed by atoms with E-state index in [1.165, 1.54) is 27.2 Å². The molecule has 2 fully saturated rings. The van der Waals surface area contributed by atoms with E-state index in [1.54, 1.807) is 13.2 Å². The zero-order valence-corrected chi connectivity index (χ0v) is 38.0. The molecule has 2 aromatic carbocycles. The number of aromatic nitrogens is 2. The number of imidazole rings is 1. The molecule has 1 atom stereocenters. The number of pyridine rings is 1. The Labute approximate surface area is 378 Å². The van der Waals surface area contributed by atoms with Crippen molar-refractivity contribution in [2.24, 2.45) is 5.92 Å². The van der Waals surface area contributed by atoms with Gasteiger partial charge in [-0.2, -0.15) is 0 Å². The standard InChI is InChI=1S/C51H67N9O4/c1-5-44(46(15-20-54-6-2)56-42-18-27-64-28-19-42)50(52)60-22-7-9-39-30-38(12-14-47(39)60)45-32-49-55-21-25-58(49)34-41(45)29-37-16-23-57(24-17-37)43-13-11-36(3)40(31-43)33-59(35-62)48(10-8-26-61)51(63)53-4/h6,11-14,21,25-26,30-32,34-35,37,42,48,52,54,56H,2,5,7-10,15-20,22-24,27-29,33H2,1,3-4H3,(H,53,63)/b46-44-,52-50?. The van der Waals surface area contributed by atoms with Crippen molar-refractivity contribution in [2.75, 3.05) is 56.2 Å². The number of carbonyl (C=O) groups excluding carboxylic acids is 3.